The van der Waals surface area contributed by atoms with Crippen LogP contribution in [0.15, 0.2) is 40.2 Å². The summed E-state index contributed by atoms with van der Waals surface area (Å²) in [7, 11) is 3.18. The first kappa shape index (κ1) is 20.0. The molecule has 27 heavy (non-hydrogen) atoms. The first-order valence-corrected chi connectivity index (χ1v) is 10.2. The van der Waals surface area contributed by atoms with E-state index in [1.165, 1.54) is 11.8 Å². The minimum absolute atomic E-state index is 0.193. The number of carbonyl (C=O) groups is 1. The van der Waals surface area contributed by atoms with Crippen LogP contribution in [0, 0.1) is 10.5 Å². The number of amides is 1. The van der Waals surface area contributed by atoms with Gasteiger partial charge in [-0.2, -0.15) is 0 Å². The molecular weight excluding hydrogens is 499 g/mol. The third-order valence-electron chi connectivity index (χ3n) is 3.79. The zero-order valence-electron chi connectivity index (χ0n) is 14.8. The predicted octanol–water partition coefficient (Wildman–Crippen LogP) is 5.16. The molecule has 0 aliphatic carbocycles. The van der Waals surface area contributed by atoms with Crippen LogP contribution in [0.1, 0.15) is 11.1 Å². The number of benzene rings is 2. The fraction of sp³-hybridized carbons (Fsp3) is 0.158. The number of hydrogen-bond acceptors (Lipinski definition) is 5. The standard InChI is InChI=1S/C19H16ClIN2O3S/c1-10-4-5-12(9-13(10)20)22-19-23-18(24)16(27-19)8-11-6-14(21)17(26-3)15(7-11)25-2/h4-9H,1-3H3,(H,22,23,24)/b16-8-. The zero-order chi connectivity index (χ0) is 19.6. The van der Waals surface area contributed by atoms with Crippen molar-refractivity contribution in [2.24, 2.45) is 4.99 Å². The summed E-state index contributed by atoms with van der Waals surface area (Å²) in [5.41, 5.74) is 2.51. The second kappa shape index (κ2) is 8.53. The maximum absolute atomic E-state index is 12.3. The van der Waals surface area contributed by atoms with E-state index in [1.807, 2.05) is 31.2 Å². The van der Waals surface area contributed by atoms with Gasteiger partial charge in [-0.25, -0.2) is 4.99 Å². The molecule has 1 fully saturated rings. The van der Waals surface area contributed by atoms with E-state index in [4.69, 9.17) is 21.1 Å². The van der Waals surface area contributed by atoms with Crippen LogP contribution >= 0.6 is 46.0 Å². The quantitative estimate of drug-likeness (QED) is 0.452. The molecule has 0 atom stereocenters. The Labute approximate surface area is 180 Å². The van der Waals surface area contributed by atoms with Gasteiger partial charge < -0.3 is 14.8 Å². The first-order chi connectivity index (χ1) is 12.9. The molecule has 1 N–H and O–H groups in total. The summed E-state index contributed by atoms with van der Waals surface area (Å²) in [5.74, 6) is 1.09. The molecule has 0 unspecified atom stereocenters. The van der Waals surface area contributed by atoms with Crippen molar-refractivity contribution in [3.05, 3.63) is 55.0 Å². The summed E-state index contributed by atoms with van der Waals surface area (Å²) in [4.78, 5) is 17.3. The monoisotopic (exact) mass is 514 g/mol. The number of nitrogens with one attached hydrogen (secondary N) is 1. The fourth-order valence-corrected chi connectivity index (χ4v) is 4.28. The molecule has 140 valence electrons. The predicted molar refractivity (Wildman–Crippen MR) is 119 cm³/mol. The van der Waals surface area contributed by atoms with E-state index in [1.54, 1.807) is 26.4 Å². The number of ether oxygens (including phenoxy) is 2. The number of aryl methyl sites for hydroxylation is 1. The van der Waals surface area contributed by atoms with Crippen LogP contribution in [0.25, 0.3) is 6.08 Å². The van der Waals surface area contributed by atoms with Crippen molar-refractivity contribution < 1.29 is 14.3 Å². The van der Waals surface area contributed by atoms with Crippen molar-refractivity contribution >= 4 is 68.8 Å². The van der Waals surface area contributed by atoms with Crippen LogP contribution in [0.2, 0.25) is 5.02 Å². The highest BCUT2D eigenvalue weighted by molar-refractivity contribution is 14.1. The molecule has 0 spiro atoms. The topological polar surface area (TPSA) is 59.9 Å². The molecule has 1 heterocycles. The summed E-state index contributed by atoms with van der Waals surface area (Å²) < 4.78 is 11.6. The Morgan fingerprint density at radius 2 is 2.00 bits per heavy atom. The zero-order valence-corrected chi connectivity index (χ0v) is 18.5. The highest BCUT2D eigenvalue weighted by Crippen LogP contribution is 2.36. The van der Waals surface area contributed by atoms with Gasteiger partial charge in [-0.05, 0) is 82.7 Å². The Bertz CT molecular complexity index is 976. The van der Waals surface area contributed by atoms with E-state index >= 15 is 0 Å². The van der Waals surface area contributed by atoms with Gasteiger partial charge in [-0.15, -0.1) is 0 Å². The molecule has 0 saturated carbocycles. The number of carbonyl (C=O) groups excluding carboxylic acids is 1. The van der Waals surface area contributed by atoms with Crippen molar-refractivity contribution in [1.82, 2.24) is 5.32 Å². The van der Waals surface area contributed by atoms with Crippen molar-refractivity contribution in [3.63, 3.8) is 0 Å². The molecule has 1 aliphatic heterocycles. The maximum atomic E-state index is 12.3. The summed E-state index contributed by atoms with van der Waals surface area (Å²) in [6.45, 7) is 1.93. The number of amidine groups is 1. The molecule has 0 aromatic heterocycles. The van der Waals surface area contributed by atoms with E-state index in [0.29, 0.717) is 32.3 Å². The number of hydrogen-bond donors (Lipinski definition) is 1. The third-order valence-corrected chi connectivity index (χ3v) is 5.91. The van der Waals surface area contributed by atoms with Crippen LogP contribution in [0.3, 0.4) is 0 Å². The summed E-state index contributed by atoms with van der Waals surface area (Å²) >= 11 is 9.59. The Balaban J connectivity index is 1.88. The molecule has 1 saturated heterocycles. The average molecular weight is 515 g/mol. The van der Waals surface area contributed by atoms with Gasteiger partial charge in [-0.3, -0.25) is 4.79 Å². The van der Waals surface area contributed by atoms with Gasteiger partial charge in [0.05, 0.1) is 28.4 Å². The molecule has 8 heteroatoms. The van der Waals surface area contributed by atoms with E-state index in [0.717, 1.165) is 14.7 Å². The Morgan fingerprint density at radius 3 is 2.67 bits per heavy atom. The Hall–Kier alpha value is -1.71. The van der Waals surface area contributed by atoms with Gasteiger partial charge in [0.1, 0.15) is 0 Å². The maximum Gasteiger partial charge on any atom is 0.264 e. The Morgan fingerprint density at radius 1 is 1.22 bits per heavy atom. The summed E-state index contributed by atoms with van der Waals surface area (Å²) in [5, 5.41) is 3.93. The molecule has 0 radical (unpaired) electrons. The lowest BCUT2D eigenvalue weighted by Gasteiger charge is -2.10. The second-order valence-corrected chi connectivity index (χ2v) is 8.25. The van der Waals surface area contributed by atoms with E-state index < -0.39 is 0 Å². The smallest absolute Gasteiger partial charge is 0.264 e. The number of rotatable bonds is 4. The van der Waals surface area contributed by atoms with Crippen molar-refractivity contribution in [2.75, 3.05) is 14.2 Å². The average Bonchev–Trinajstić information content (AvgIpc) is 2.96. The largest absolute Gasteiger partial charge is 0.493 e. The number of halogens is 2. The van der Waals surface area contributed by atoms with Crippen molar-refractivity contribution in [1.29, 1.82) is 0 Å². The van der Waals surface area contributed by atoms with Crippen LogP contribution in [-0.4, -0.2) is 25.3 Å². The lowest BCUT2D eigenvalue weighted by atomic mass is 10.2. The molecular formula is C19H16ClIN2O3S. The Kier molecular flexibility index (Phi) is 6.33. The van der Waals surface area contributed by atoms with Crippen LogP contribution < -0.4 is 14.8 Å². The van der Waals surface area contributed by atoms with Gasteiger partial charge >= 0.3 is 0 Å². The number of thioether (sulfide) groups is 1. The molecule has 1 amide bonds. The van der Waals surface area contributed by atoms with Gasteiger partial charge in [0, 0.05) is 5.02 Å². The lowest BCUT2D eigenvalue weighted by Crippen LogP contribution is -2.19. The third kappa shape index (κ3) is 4.59. The summed E-state index contributed by atoms with van der Waals surface area (Å²) in [6, 6.07) is 9.29. The van der Waals surface area contributed by atoms with E-state index in [9.17, 15) is 4.79 Å². The highest BCUT2D eigenvalue weighted by atomic mass is 127. The normalized spacial score (nSPS) is 16.7. The van der Waals surface area contributed by atoms with E-state index in [2.05, 4.69) is 32.9 Å². The minimum Gasteiger partial charge on any atom is -0.493 e. The minimum atomic E-state index is -0.193. The van der Waals surface area contributed by atoms with Crippen LogP contribution in [0.4, 0.5) is 5.69 Å². The van der Waals surface area contributed by atoms with Gasteiger partial charge in [0.15, 0.2) is 16.7 Å². The SMILES string of the molecule is COc1cc(/C=C2\SC(=Nc3ccc(C)c(Cl)c3)NC2=O)cc(I)c1OC. The summed E-state index contributed by atoms with van der Waals surface area (Å²) in [6.07, 6.45) is 1.80. The van der Waals surface area contributed by atoms with E-state index in [-0.39, 0.29) is 5.91 Å². The van der Waals surface area contributed by atoms with Crippen LogP contribution in [-0.2, 0) is 4.79 Å². The molecule has 1 aliphatic rings. The number of nitrogens with zero attached hydrogens (tertiary/aromatic N) is 1. The highest BCUT2D eigenvalue weighted by Gasteiger charge is 2.24. The van der Waals surface area contributed by atoms with Crippen molar-refractivity contribution in [2.45, 2.75) is 6.92 Å². The molecule has 5 nitrogen and oxygen atoms in total. The van der Waals surface area contributed by atoms with Gasteiger partial charge in [0.25, 0.3) is 5.91 Å². The van der Waals surface area contributed by atoms with Gasteiger partial charge in [-0.1, -0.05) is 17.7 Å². The lowest BCUT2D eigenvalue weighted by molar-refractivity contribution is -0.115. The molecule has 0 bridgehead atoms. The second-order valence-electron chi connectivity index (χ2n) is 5.65. The fourth-order valence-electron chi connectivity index (χ4n) is 2.42. The number of methoxy groups -OCH3 is 2. The van der Waals surface area contributed by atoms with Gasteiger partial charge in [0.2, 0.25) is 0 Å². The number of aliphatic imine (C=N–C) groups is 1. The molecule has 3 rings (SSSR count). The van der Waals surface area contributed by atoms with Crippen molar-refractivity contribution in [3.8, 4) is 11.5 Å². The molecule has 2 aromatic carbocycles. The molecule has 2 aromatic rings. The first-order valence-electron chi connectivity index (χ1n) is 7.88. The van der Waals surface area contributed by atoms with Crippen LogP contribution in [0.5, 0.6) is 11.5 Å².